The lowest BCUT2D eigenvalue weighted by atomic mass is 10.0. The number of aryl methyl sites for hydroxylation is 2. The fraction of sp³-hybridized carbons (Fsp3) is 0.391. The number of alkyl halides is 2. The fourth-order valence-electron chi connectivity index (χ4n) is 3.67. The molecule has 30 heavy (non-hydrogen) atoms. The molecule has 1 aliphatic rings. The van der Waals surface area contributed by atoms with Crippen LogP contribution >= 0.6 is 0 Å². The molecule has 1 aliphatic carbocycles. The lowest BCUT2D eigenvalue weighted by molar-refractivity contribution is -0.130. The number of rotatable bonds is 9. The number of halogens is 2. The monoisotopic (exact) mass is 417 g/mol. The summed E-state index contributed by atoms with van der Waals surface area (Å²) in [4.78, 5) is 26.4. The van der Waals surface area contributed by atoms with Crippen LogP contribution in [0.1, 0.15) is 46.3 Å². The van der Waals surface area contributed by atoms with Gasteiger partial charge in [0.05, 0.1) is 7.11 Å². The summed E-state index contributed by atoms with van der Waals surface area (Å²) in [6.45, 7) is -2.69. The van der Waals surface area contributed by atoms with Crippen LogP contribution in [0.4, 0.5) is 8.78 Å². The van der Waals surface area contributed by atoms with Gasteiger partial charge >= 0.3 is 6.61 Å². The Morgan fingerprint density at radius 1 is 1.03 bits per heavy atom. The van der Waals surface area contributed by atoms with Crippen LogP contribution in [-0.2, 0) is 24.2 Å². The first kappa shape index (κ1) is 21.7. The molecule has 0 fully saturated rings. The molecule has 5 nitrogen and oxygen atoms in total. The zero-order chi connectivity index (χ0) is 21.7. The van der Waals surface area contributed by atoms with Gasteiger partial charge in [0, 0.05) is 32.0 Å². The van der Waals surface area contributed by atoms with Crippen LogP contribution in [-0.4, -0.2) is 37.4 Å². The van der Waals surface area contributed by atoms with Crippen molar-refractivity contribution >= 4 is 11.7 Å². The number of ketones is 1. The van der Waals surface area contributed by atoms with Gasteiger partial charge in [-0.25, -0.2) is 0 Å². The number of carbonyl (C=O) groups is 2. The smallest absolute Gasteiger partial charge is 0.387 e. The molecule has 3 rings (SSSR count). The first-order valence-corrected chi connectivity index (χ1v) is 9.88. The third-order valence-electron chi connectivity index (χ3n) is 5.28. The molecule has 160 valence electrons. The Morgan fingerprint density at radius 2 is 1.80 bits per heavy atom. The maximum absolute atomic E-state index is 12.5. The molecule has 0 aromatic heterocycles. The van der Waals surface area contributed by atoms with Gasteiger partial charge in [-0.05, 0) is 54.2 Å². The Morgan fingerprint density at radius 3 is 2.53 bits per heavy atom. The molecule has 0 saturated heterocycles. The summed E-state index contributed by atoms with van der Waals surface area (Å²) in [6.07, 6.45) is 3.44. The van der Waals surface area contributed by atoms with E-state index in [4.69, 9.17) is 4.74 Å². The Kier molecular flexibility index (Phi) is 7.03. The van der Waals surface area contributed by atoms with E-state index in [0.717, 1.165) is 19.3 Å². The van der Waals surface area contributed by atoms with Gasteiger partial charge in [-0.15, -0.1) is 0 Å². The van der Waals surface area contributed by atoms with Crippen LogP contribution in [0.3, 0.4) is 0 Å². The van der Waals surface area contributed by atoms with Gasteiger partial charge in [-0.1, -0.05) is 18.2 Å². The zero-order valence-electron chi connectivity index (χ0n) is 17.1. The number of ether oxygens (including phenoxy) is 2. The highest BCUT2D eigenvalue weighted by Crippen LogP contribution is 2.30. The van der Waals surface area contributed by atoms with Gasteiger partial charge in [0.15, 0.2) is 17.3 Å². The number of fused-ring (bicyclic) bond motifs is 1. The molecule has 7 heteroatoms. The second kappa shape index (κ2) is 9.69. The minimum Gasteiger partial charge on any atom is -0.493 e. The second-order valence-corrected chi connectivity index (χ2v) is 7.37. The number of nitrogens with zero attached hydrogens (tertiary/aromatic N) is 1. The molecule has 0 radical (unpaired) electrons. The van der Waals surface area contributed by atoms with Crippen molar-refractivity contribution in [1.29, 1.82) is 0 Å². The van der Waals surface area contributed by atoms with E-state index in [-0.39, 0.29) is 42.6 Å². The Bertz CT molecular complexity index is 929. The summed E-state index contributed by atoms with van der Waals surface area (Å²) in [6, 6.07) is 10.3. The third kappa shape index (κ3) is 5.34. The molecule has 2 aromatic carbocycles. The highest BCUT2D eigenvalue weighted by atomic mass is 19.3. The van der Waals surface area contributed by atoms with E-state index in [0.29, 0.717) is 11.1 Å². The zero-order valence-corrected chi connectivity index (χ0v) is 17.1. The van der Waals surface area contributed by atoms with Gasteiger partial charge in [0.1, 0.15) is 0 Å². The molecule has 0 aliphatic heterocycles. The number of benzene rings is 2. The predicted molar refractivity (Wildman–Crippen MR) is 108 cm³/mol. The van der Waals surface area contributed by atoms with E-state index in [9.17, 15) is 18.4 Å². The highest BCUT2D eigenvalue weighted by Gasteiger charge is 2.17. The molecular weight excluding hydrogens is 392 g/mol. The molecule has 0 N–H and O–H groups in total. The van der Waals surface area contributed by atoms with Gasteiger partial charge in [0.25, 0.3) is 0 Å². The number of hydrogen-bond acceptors (Lipinski definition) is 4. The van der Waals surface area contributed by atoms with E-state index in [1.54, 1.807) is 19.2 Å². The standard InChI is InChI=1S/C23H25F2NO4/c1-26(14-15-6-10-20(30-23(24)25)21(12-15)29-2)22(28)11-9-19(27)18-8-7-16-4-3-5-17(16)13-18/h6-8,10,12-13,23H,3-5,9,11,14H2,1-2H3. The van der Waals surface area contributed by atoms with Crippen molar-refractivity contribution in [3.8, 4) is 11.5 Å². The Balaban J connectivity index is 1.55. The molecule has 0 bridgehead atoms. The van der Waals surface area contributed by atoms with Gasteiger partial charge in [0.2, 0.25) is 5.91 Å². The van der Waals surface area contributed by atoms with E-state index >= 15 is 0 Å². The van der Waals surface area contributed by atoms with Crippen molar-refractivity contribution in [3.05, 3.63) is 58.7 Å². The first-order valence-electron chi connectivity index (χ1n) is 9.88. The number of methoxy groups -OCH3 is 1. The quantitative estimate of drug-likeness (QED) is 0.568. The molecule has 0 saturated carbocycles. The lowest BCUT2D eigenvalue weighted by Crippen LogP contribution is -2.26. The summed E-state index contributed by atoms with van der Waals surface area (Å²) in [5, 5.41) is 0. The molecule has 0 atom stereocenters. The van der Waals surface area contributed by atoms with Crippen molar-refractivity contribution in [3.63, 3.8) is 0 Å². The molecule has 1 amide bonds. The topological polar surface area (TPSA) is 55.8 Å². The first-order chi connectivity index (χ1) is 14.4. The Labute approximate surface area is 174 Å². The minimum absolute atomic E-state index is 0.0402. The largest absolute Gasteiger partial charge is 0.493 e. The predicted octanol–water partition coefficient (Wildman–Crippen LogP) is 4.41. The summed E-state index contributed by atoms with van der Waals surface area (Å²) in [5.74, 6) is -0.108. The van der Waals surface area contributed by atoms with Gasteiger partial charge < -0.3 is 14.4 Å². The minimum atomic E-state index is -2.95. The molecule has 2 aromatic rings. The maximum Gasteiger partial charge on any atom is 0.387 e. The highest BCUT2D eigenvalue weighted by molar-refractivity contribution is 5.98. The number of hydrogen-bond donors (Lipinski definition) is 0. The van der Waals surface area contributed by atoms with Gasteiger partial charge in [-0.2, -0.15) is 8.78 Å². The normalized spacial score (nSPS) is 12.6. The van der Waals surface area contributed by atoms with Crippen molar-refractivity contribution in [2.24, 2.45) is 0 Å². The number of amides is 1. The van der Waals surface area contributed by atoms with Crippen molar-refractivity contribution in [1.82, 2.24) is 4.90 Å². The van der Waals surface area contributed by atoms with Crippen LogP contribution < -0.4 is 9.47 Å². The van der Waals surface area contributed by atoms with Crippen LogP contribution in [0, 0.1) is 0 Å². The van der Waals surface area contributed by atoms with Crippen LogP contribution in [0.5, 0.6) is 11.5 Å². The van der Waals surface area contributed by atoms with E-state index in [2.05, 4.69) is 4.74 Å². The van der Waals surface area contributed by atoms with Crippen LogP contribution in [0.2, 0.25) is 0 Å². The third-order valence-corrected chi connectivity index (χ3v) is 5.28. The van der Waals surface area contributed by atoms with E-state index in [1.165, 1.54) is 29.2 Å². The molecular formula is C23H25F2NO4. The van der Waals surface area contributed by atoms with Crippen molar-refractivity contribution in [2.45, 2.75) is 45.3 Å². The maximum atomic E-state index is 12.5. The SMILES string of the molecule is COc1cc(CN(C)C(=O)CCC(=O)c2ccc3c(c2)CCC3)ccc1OC(F)F. The van der Waals surface area contributed by atoms with Crippen molar-refractivity contribution in [2.75, 3.05) is 14.2 Å². The van der Waals surface area contributed by atoms with Gasteiger partial charge in [-0.3, -0.25) is 9.59 Å². The molecule has 0 heterocycles. The summed E-state index contributed by atoms with van der Waals surface area (Å²) in [5.41, 5.74) is 3.90. The average molecular weight is 417 g/mol. The van der Waals surface area contributed by atoms with Crippen LogP contribution in [0.25, 0.3) is 0 Å². The summed E-state index contributed by atoms with van der Waals surface area (Å²) in [7, 11) is 3.00. The van der Waals surface area contributed by atoms with E-state index in [1.807, 2.05) is 18.2 Å². The Hall–Kier alpha value is -2.96. The second-order valence-electron chi connectivity index (χ2n) is 7.37. The summed E-state index contributed by atoms with van der Waals surface area (Å²) >= 11 is 0. The number of carbonyl (C=O) groups excluding carboxylic acids is 2. The molecule has 0 spiro atoms. The lowest BCUT2D eigenvalue weighted by Gasteiger charge is -2.18. The molecule has 0 unspecified atom stereocenters. The van der Waals surface area contributed by atoms with Crippen LogP contribution in [0.15, 0.2) is 36.4 Å². The average Bonchev–Trinajstić information content (AvgIpc) is 3.20. The fourth-order valence-corrected chi connectivity index (χ4v) is 3.67. The van der Waals surface area contributed by atoms with Crippen molar-refractivity contribution < 1.29 is 27.8 Å². The number of Topliss-reactive ketones (excluding diaryl/α,β-unsaturated/α-hetero) is 1. The van der Waals surface area contributed by atoms with E-state index < -0.39 is 6.61 Å². The summed E-state index contributed by atoms with van der Waals surface area (Å²) < 4.78 is 34.3.